The van der Waals surface area contributed by atoms with Gasteiger partial charge >= 0.3 is 5.97 Å². The second-order valence-corrected chi connectivity index (χ2v) is 4.76. The predicted octanol–water partition coefficient (Wildman–Crippen LogP) is 3.44. The molecular weight excluding hydrogens is 219 g/mol. The number of carboxylic acid groups (broad SMARTS) is 1. The molecule has 2 nitrogen and oxygen atoms in total. The van der Waals surface area contributed by atoms with Gasteiger partial charge in [0, 0.05) is 6.42 Å². The number of benzene rings is 1. The van der Waals surface area contributed by atoms with Gasteiger partial charge in [-0.15, -0.1) is 0 Å². The van der Waals surface area contributed by atoms with Crippen LogP contribution in [0.2, 0.25) is 0 Å². The van der Waals surface area contributed by atoms with Gasteiger partial charge in [0.2, 0.25) is 0 Å². The van der Waals surface area contributed by atoms with E-state index in [1.54, 1.807) is 0 Å². The zero-order valence-electron chi connectivity index (χ0n) is 9.79. The van der Waals surface area contributed by atoms with Crippen LogP contribution >= 0.6 is 0 Å². The number of alkyl halides is 1. The molecule has 0 unspecified atom stereocenters. The maximum atomic E-state index is 14.4. The van der Waals surface area contributed by atoms with E-state index in [4.69, 9.17) is 5.11 Å². The monoisotopic (exact) mass is 236 g/mol. The Bertz CT molecular complexity index is 391. The van der Waals surface area contributed by atoms with Gasteiger partial charge in [-0.1, -0.05) is 24.3 Å². The number of carboxylic acids is 1. The molecule has 0 radical (unpaired) electrons. The SMILES string of the molecule is O=C(O)CCc1ccc(C2(F)CCCC2)cc1. The summed E-state index contributed by atoms with van der Waals surface area (Å²) in [5, 5.41) is 8.58. The van der Waals surface area contributed by atoms with Crippen LogP contribution in [0.4, 0.5) is 4.39 Å². The molecule has 92 valence electrons. The second-order valence-electron chi connectivity index (χ2n) is 4.76. The Morgan fingerprint density at radius 3 is 2.35 bits per heavy atom. The molecule has 0 amide bonds. The Hall–Kier alpha value is -1.38. The van der Waals surface area contributed by atoms with E-state index in [0.717, 1.165) is 24.0 Å². The minimum absolute atomic E-state index is 0.125. The number of carbonyl (C=O) groups is 1. The third kappa shape index (κ3) is 2.84. The molecule has 1 aliphatic rings. The molecule has 17 heavy (non-hydrogen) atoms. The molecule has 3 heteroatoms. The summed E-state index contributed by atoms with van der Waals surface area (Å²) in [4.78, 5) is 10.4. The highest BCUT2D eigenvalue weighted by atomic mass is 19.1. The predicted molar refractivity (Wildman–Crippen MR) is 63.7 cm³/mol. The molecule has 1 aromatic carbocycles. The summed E-state index contributed by atoms with van der Waals surface area (Å²) in [5.74, 6) is -0.799. The zero-order valence-corrected chi connectivity index (χ0v) is 9.79. The molecule has 0 spiro atoms. The minimum Gasteiger partial charge on any atom is -0.481 e. The third-order valence-corrected chi connectivity index (χ3v) is 3.49. The summed E-state index contributed by atoms with van der Waals surface area (Å²) in [7, 11) is 0. The number of halogens is 1. The van der Waals surface area contributed by atoms with Crippen LogP contribution in [0, 0.1) is 0 Å². The summed E-state index contributed by atoms with van der Waals surface area (Å²) < 4.78 is 14.4. The van der Waals surface area contributed by atoms with Crippen LogP contribution in [0.15, 0.2) is 24.3 Å². The first-order valence-corrected chi connectivity index (χ1v) is 6.10. The fourth-order valence-electron chi connectivity index (χ4n) is 2.45. The van der Waals surface area contributed by atoms with Crippen molar-refractivity contribution in [3.8, 4) is 0 Å². The van der Waals surface area contributed by atoms with Crippen molar-refractivity contribution in [2.45, 2.75) is 44.2 Å². The quantitative estimate of drug-likeness (QED) is 0.869. The molecule has 0 aromatic heterocycles. The Morgan fingerprint density at radius 1 is 1.24 bits per heavy atom. The molecule has 0 heterocycles. The largest absolute Gasteiger partial charge is 0.481 e. The van der Waals surface area contributed by atoms with Crippen molar-refractivity contribution in [2.24, 2.45) is 0 Å². The summed E-state index contributed by atoms with van der Waals surface area (Å²) in [5.41, 5.74) is 0.553. The number of hydrogen-bond acceptors (Lipinski definition) is 1. The van der Waals surface area contributed by atoms with E-state index < -0.39 is 11.6 Å². The van der Waals surface area contributed by atoms with Crippen LogP contribution in [0.5, 0.6) is 0 Å². The summed E-state index contributed by atoms with van der Waals surface area (Å²) in [6.45, 7) is 0. The van der Waals surface area contributed by atoms with Crippen molar-refractivity contribution in [3.63, 3.8) is 0 Å². The van der Waals surface area contributed by atoms with Crippen LogP contribution in [0.3, 0.4) is 0 Å². The second kappa shape index (κ2) is 4.86. The van der Waals surface area contributed by atoms with Gasteiger partial charge in [0.15, 0.2) is 0 Å². The van der Waals surface area contributed by atoms with E-state index >= 15 is 0 Å². The summed E-state index contributed by atoms with van der Waals surface area (Å²) in [6, 6.07) is 7.31. The zero-order chi connectivity index (χ0) is 12.3. The van der Waals surface area contributed by atoms with Crippen LogP contribution in [-0.4, -0.2) is 11.1 Å². The van der Waals surface area contributed by atoms with Crippen LogP contribution in [-0.2, 0) is 16.9 Å². The van der Waals surface area contributed by atoms with Crippen LogP contribution in [0.1, 0.15) is 43.2 Å². The van der Waals surface area contributed by atoms with E-state index in [-0.39, 0.29) is 6.42 Å². The molecule has 0 aliphatic heterocycles. The molecular formula is C14H17FO2. The Kier molecular flexibility index (Phi) is 3.46. The van der Waals surface area contributed by atoms with Crippen molar-refractivity contribution in [1.82, 2.24) is 0 Å². The summed E-state index contributed by atoms with van der Waals surface area (Å²) in [6.07, 6.45) is 3.77. The molecule has 1 aliphatic carbocycles. The van der Waals surface area contributed by atoms with Crippen LogP contribution in [0.25, 0.3) is 0 Å². The Morgan fingerprint density at radius 2 is 1.82 bits per heavy atom. The van der Waals surface area contributed by atoms with E-state index in [0.29, 0.717) is 19.3 Å². The Balaban J connectivity index is 2.05. The average Bonchev–Trinajstić information content (AvgIpc) is 2.75. The van der Waals surface area contributed by atoms with Crippen molar-refractivity contribution < 1.29 is 14.3 Å². The first-order valence-electron chi connectivity index (χ1n) is 6.10. The average molecular weight is 236 g/mol. The summed E-state index contributed by atoms with van der Waals surface area (Å²) >= 11 is 0. The minimum atomic E-state index is -1.15. The lowest BCUT2D eigenvalue weighted by atomic mass is 9.93. The van der Waals surface area contributed by atoms with Gasteiger partial charge in [0.05, 0.1) is 0 Å². The molecule has 0 saturated heterocycles. The lowest BCUT2D eigenvalue weighted by Gasteiger charge is -2.19. The number of aliphatic carboxylic acids is 1. The van der Waals surface area contributed by atoms with Gasteiger partial charge in [0.25, 0.3) is 0 Å². The van der Waals surface area contributed by atoms with Gasteiger partial charge in [0.1, 0.15) is 5.67 Å². The van der Waals surface area contributed by atoms with E-state index in [2.05, 4.69) is 0 Å². The number of hydrogen-bond donors (Lipinski definition) is 1. The highest BCUT2D eigenvalue weighted by Crippen LogP contribution is 2.42. The van der Waals surface area contributed by atoms with Crippen molar-refractivity contribution >= 4 is 5.97 Å². The van der Waals surface area contributed by atoms with Crippen LogP contribution < -0.4 is 0 Å². The maximum Gasteiger partial charge on any atom is 0.303 e. The topological polar surface area (TPSA) is 37.3 Å². The molecule has 0 atom stereocenters. The van der Waals surface area contributed by atoms with Gasteiger partial charge in [-0.3, -0.25) is 4.79 Å². The molecule has 1 N–H and O–H groups in total. The van der Waals surface area contributed by atoms with E-state index in [9.17, 15) is 9.18 Å². The number of rotatable bonds is 4. The smallest absolute Gasteiger partial charge is 0.303 e. The third-order valence-electron chi connectivity index (χ3n) is 3.49. The fraction of sp³-hybridized carbons (Fsp3) is 0.500. The fourth-order valence-corrected chi connectivity index (χ4v) is 2.45. The standard InChI is InChI=1S/C14H17FO2/c15-14(9-1-2-10-14)12-6-3-11(4-7-12)5-8-13(16)17/h3-4,6-7H,1-2,5,8-10H2,(H,16,17). The van der Waals surface area contributed by atoms with Crippen molar-refractivity contribution in [2.75, 3.05) is 0 Å². The van der Waals surface area contributed by atoms with Crippen molar-refractivity contribution in [1.29, 1.82) is 0 Å². The van der Waals surface area contributed by atoms with Gasteiger partial charge in [-0.05, 0) is 43.2 Å². The molecule has 1 fully saturated rings. The maximum absolute atomic E-state index is 14.4. The van der Waals surface area contributed by atoms with Gasteiger partial charge < -0.3 is 5.11 Å². The number of aryl methyl sites for hydroxylation is 1. The lowest BCUT2D eigenvalue weighted by molar-refractivity contribution is -0.136. The molecule has 0 bridgehead atoms. The van der Waals surface area contributed by atoms with Gasteiger partial charge in [-0.25, -0.2) is 4.39 Å². The Labute approximate surface area is 100 Å². The molecule has 2 rings (SSSR count). The first-order chi connectivity index (χ1) is 8.10. The first kappa shape index (κ1) is 12.1. The highest BCUT2D eigenvalue weighted by Gasteiger charge is 2.35. The molecule has 1 aromatic rings. The normalized spacial score (nSPS) is 18.2. The highest BCUT2D eigenvalue weighted by molar-refractivity contribution is 5.67. The van der Waals surface area contributed by atoms with Crippen molar-refractivity contribution in [3.05, 3.63) is 35.4 Å². The van der Waals surface area contributed by atoms with E-state index in [1.807, 2.05) is 24.3 Å². The molecule has 1 saturated carbocycles. The lowest BCUT2D eigenvalue weighted by Crippen LogP contribution is -2.14. The van der Waals surface area contributed by atoms with Gasteiger partial charge in [-0.2, -0.15) is 0 Å². The van der Waals surface area contributed by atoms with E-state index in [1.165, 1.54) is 0 Å².